The molecule has 0 atom stereocenters. The van der Waals surface area contributed by atoms with Gasteiger partial charge in [0.15, 0.2) is 0 Å². The second-order valence-electron chi connectivity index (χ2n) is 4.09. The van der Waals surface area contributed by atoms with Crippen LogP contribution >= 0.6 is 0 Å². The van der Waals surface area contributed by atoms with Gasteiger partial charge in [-0.05, 0) is 30.2 Å². The molecule has 0 amide bonds. The van der Waals surface area contributed by atoms with Crippen molar-refractivity contribution in [2.45, 2.75) is 13.5 Å². The molecule has 0 radical (unpaired) electrons. The summed E-state index contributed by atoms with van der Waals surface area (Å²) in [6, 6.07) is 15.6. The molecule has 0 aliphatic heterocycles. The van der Waals surface area contributed by atoms with Crippen molar-refractivity contribution in [3.63, 3.8) is 0 Å². The molecule has 0 aromatic heterocycles. The van der Waals surface area contributed by atoms with E-state index in [4.69, 9.17) is 9.94 Å². The molecule has 0 unspecified atom stereocenters. The fourth-order valence-electron chi connectivity index (χ4n) is 1.60. The van der Waals surface area contributed by atoms with E-state index in [1.54, 1.807) is 0 Å². The van der Waals surface area contributed by atoms with Crippen LogP contribution in [0.2, 0.25) is 0 Å². The van der Waals surface area contributed by atoms with Crippen LogP contribution in [-0.4, -0.2) is 11.4 Å². The molecule has 0 bridgehead atoms. The Kier molecular flexibility index (Phi) is 3.97. The second kappa shape index (κ2) is 5.87. The third-order valence-corrected chi connectivity index (χ3v) is 2.59. The van der Waals surface area contributed by atoms with Crippen LogP contribution in [-0.2, 0) is 6.61 Å². The first-order chi connectivity index (χ1) is 8.78. The van der Waals surface area contributed by atoms with Crippen LogP contribution in [0.3, 0.4) is 0 Å². The molecular weight excluding hydrogens is 226 g/mol. The average Bonchev–Trinajstić information content (AvgIpc) is 2.39. The summed E-state index contributed by atoms with van der Waals surface area (Å²) < 4.78 is 5.68. The van der Waals surface area contributed by atoms with Gasteiger partial charge in [0.05, 0.1) is 6.21 Å². The Bertz CT molecular complexity index is 532. The molecule has 0 saturated carbocycles. The molecule has 0 aliphatic carbocycles. The van der Waals surface area contributed by atoms with Gasteiger partial charge in [-0.2, -0.15) is 0 Å². The lowest BCUT2D eigenvalue weighted by molar-refractivity contribution is 0.306. The van der Waals surface area contributed by atoms with Gasteiger partial charge in [-0.3, -0.25) is 0 Å². The summed E-state index contributed by atoms with van der Waals surface area (Å²) >= 11 is 0. The zero-order valence-electron chi connectivity index (χ0n) is 10.2. The molecule has 2 aromatic rings. The van der Waals surface area contributed by atoms with Crippen LogP contribution in [0.15, 0.2) is 53.7 Å². The van der Waals surface area contributed by atoms with E-state index >= 15 is 0 Å². The van der Waals surface area contributed by atoms with Crippen LogP contribution in [0.1, 0.15) is 16.7 Å². The lowest BCUT2D eigenvalue weighted by atomic mass is 10.2. The van der Waals surface area contributed by atoms with Gasteiger partial charge >= 0.3 is 0 Å². The lowest BCUT2D eigenvalue weighted by Crippen LogP contribution is -1.95. The van der Waals surface area contributed by atoms with E-state index in [-0.39, 0.29) is 0 Å². The molecule has 2 rings (SSSR count). The van der Waals surface area contributed by atoms with E-state index < -0.39 is 0 Å². The standard InChI is InChI=1S/C15H15NO2/c1-12-5-7-13(8-6-12)11-18-15-4-2-3-14(9-15)10-16-17/h2-10,17H,11H2,1H3/b16-10+. The molecule has 0 spiro atoms. The van der Waals surface area contributed by atoms with Crippen molar-refractivity contribution < 1.29 is 9.94 Å². The minimum atomic E-state index is 0.528. The van der Waals surface area contributed by atoms with Crippen LogP contribution in [0.5, 0.6) is 5.75 Å². The maximum atomic E-state index is 8.47. The topological polar surface area (TPSA) is 41.8 Å². The number of hydrogen-bond donors (Lipinski definition) is 1. The summed E-state index contributed by atoms with van der Waals surface area (Å²) in [4.78, 5) is 0. The summed E-state index contributed by atoms with van der Waals surface area (Å²) in [7, 11) is 0. The number of nitrogens with zero attached hydrogens (tertiary/aromatic N) is 1. The number of oxime groups is 1. The van der Waals surface area contributed by atoms with Crippen molar-refractivity contribution >= 4 is 6.21 Å². The van der Waals surface area contributed by atoms with E-state index in [0.717, 1.165) is 16.9 Å². The van der Waals surface area contributed by atoms with E-state index in [9.17, 15) is 0 Å². The van der Waals surface area contributed by atoms with Crippen molar-refractivity contribution in [1.29, 1.82) is 0 Å². The molecule has 0 heterocycles. The smallest absolute Gasteiger partial charge is 0.120 e. The summed E-state index contributed by atoms with van der Waals surface area (Å²) in [6.45, 7) is 2.59. The Morgan fingerprint density at radius 3 is 2.67 bits per heavy atom. The average molecular weight is 241 g/mol. The van der Waals surface area contributed by atoms with Crippen molar-refractivity contribution in [1.82, 2.24) is 0 Å². The van der Waals surface area contributed by atoms with Gasteiger partial charge in [0.2, 0.25) is 0 Å². The minimum Gasteiger partial charge on any atom is -0.489 e. The fraction of sp³-hybridized carbons (Fsp3) is 0.133. The van der Waals surface area contributed by atoms with Gasteiger partial charge in [-0.1, -0.05) is 47.1 Å². The molecule has 3 nitrogen and oxygen atoms in total. The Morgan fingerprint density at radius 1 is 1.17 bits per heavy atom. The summed E-state index contributed by atoms with van der Waals surface area (Å²) in [6.07, 6.45) is 1.37. The first kappa shape index (κ1) is 12.2. The molecule has 0 fully saturated rings. The van der Waals surface area contributed by atoms with Crippen molar-refractivity contribution in [2.75, 3.05) is 0 Å². The Balaban J connectivity index is 2.01. The van der Waals surface area contributed by atoms with Gasteiger partial charge in [-0.25, -0.2) is 0 Å². The maximum absolute atomic E-state index is 8.47. The highest BCUT2D eigenvalue weighted by Gasteiger charge is 1.97. The van der Waals surface area contributed by atoms with Gasteiger partial charge in [0, 0.05) is 0 Å². The second-order valence-corrected chi connectivity index (χ2v) is 4.09. The molecule has 2 aromatic carbocycles. The largest absolute Gasteiger partial charge is 0.489 e. The molecule has 0 aliphatic rings. The van der Waals surface area contributed by atoms with Crippen molar-refractivity contribution in [3.8, 4) is 5.75 Å². The zero-order chi connectivity index (χ0) is 12.8. The monoisotopic (exact) mass is 241 g/mol. The summed E-state index contributed by atoms with van der Waals surface area (Å²) in [5.74, 6) is 0.757. The number of hydrogen-bond acceptors (Lipinski definition) is 3. The van der Waals surface area contributed by atoms with Gasteiger partial charge in [-0.15, -0.1) is 0 Å². The molecule has 0 saturated heterocycles. The molecule has 92 valence electrons. The van der Waals surface area contributed by atoms with Gasteiger partial charge in [0.1, 0.15) is 12.4 Å². The maximum Gasteiger partial charge on any atom is 0.120 e. The highest BCUT2D eigenvalue weighted by molar-refractivity contribution is 5.79. The molecule has 1 N–H and O–H groups in total. The SMILES string of the molecule is Cc1ccc(COc2cccc(/C=N/O)c2)cc1. The summed E-state index contributed by atoms with van der Waals surface area (Å²) in [5.41, 5.74) is 3.17. The highest BCUT2D eigenvalue weighted by Crippen LogP contribution is 2.14. The predicted octanol–water partition coefficient (Wildman–Crippen LogP) is 3.38. The Morgan fingerprint density at radius 2 is 1.94 bits per heavy atom. The molecule has 3 heteroatoms. The van der Waals surface area contributed by atoms with Crippen LogP contribution in [0, 0.1) is 6.92 Å². The molecular formula is C15H15NO2. The third-order valence-electron chi connectivity index (χ3n) is 2.59. The Labute approximate surface area is 106 Å². The quantitative estimate of drug-likeness (QED) is 0.506. The third kappa shape index (κ3) is 3.35. The van der Waals surface area contributed by atoms with Crippen molar-refractivity contribution in [2.24, 2.45) is 5.16 Å². The predicted molar refractivity (Wildman–Crippen MR) is 71.3 cm³/mol. The van der Waals surface area contributed by atoms with Crippen LogP contribution in [0.25, 0.3) is 0 Å². The number of benzene rings is 2. The van der Waals surface area contributed by atoms with Gasteiger partial charge in [0.25, 0.3) is 0 Å². The van der Waals surface area contributed by atoms with Crippen LogP contribution < -0.4 is 4.74 Å². The van der Waals surface area contributed by atoms with Crippen molar-refractivity contribution in [3.05, 3.63) is 65.2 Å². The first-order valence-electron chi connectivity index (χ1n) is 5.74. The first-order valence-corrected chi connectivity index (χ1v) is 5.74. The molecule has 18 heavy (non-hydrogen) atoms. The van der Waals surface area contributed by atoms with Gasteiger partial charge < -0.3 is 9.94 Å². The zero-order valence-corrected chi connectivity index (χ0v) is 10.2. The van der Waals surface area contributed by atoms with E-state index in [0.29, 0.717) is 6.61 Å². The lowest BCUT2D eigenvalue weighted by Gasteiger charge is -2.07. The number of rotatable bonds is 4. The minimum absolute atomic E-state index is 0.528. The fourth-order valence-corrected chi connectivity index (χ4v) is 1.60. The normalized spacial score (nSPS) is 10.7. The summed E-state index contributed by atoms with van der Waals surface area (Å²) in [5, 5.41) is 11.5. The highest BCUT2D eigenvalue weighted by atomic mass is 16.5. The van der Waals surface area contributed by atoms with E-state index in [1.807, 2.05) is 36.4 Å². The number of aryl methyl sites for hydroxylation is 1. The van der Waals surface area contributed by atoms with E-state index in [2.05, 4.69) is 24.2 Å². The Hall–Kier alpha value is -2.29. The van der Waals surface area contributed by atoms with E-state index in [1.165, 1.54) is 11.8 Å². The van der Waals surface area contributed by atoms with Crippen LogP contribution in [0.4, 0.5) is 0 Å². The number of ether oxygens (including phenoxy) is 1.